The lowest BCUT2D eigenvalue weighted by Crippen LogP contribution is -2.19. The van der Waals surface area contributed by atoms with Gasteiger partial charge in [-0.1, -0.05) is 0 Å². The van der Waals surface area contributed by atoms with Gasteiger partial charge in [-0.25, -0.2) is 0 Å². The van der Waals surface area contributed by atoms with Crippen LogP contribution in [0.2, 0.25) is 0 Å². The summed E-state index contributed by atoms with van der Waals surface area (Å²) in [4.78, 5) is 0. The van der Waals surface area contributed by atoms with Crippen LogP contribution >= 0.6 is 12.6 Å². The van der Waals surface area contributed by atoms with Gasteiger partial charge in [0.05, 0.1) is 6.10 Å². The Hall–Kier alpha value is -0.910. The fourth-order valence-corrected chi connectivity index (χ4v) is 1.29. The lowest BCUT2D eigenvalue weighted by atomic mass is 10.0. The van der Waals surface area contributed by atoms with Gasteiger partial charge in [0.25, 0.3) is 0 Å². The zero-order valence-corrected chi connectivity index (χ0v) is 8.22. The highest BCUT2D eigenvalue weighted by molar-refractivity contribution is 7.80. The maximum absolute atomic E-state index is 9.52. The normalized spacial score (nSPS) is 15.1. The summed E-state index contributed by atoms with van der Waals surface area (Å²) in [6, 6.07) is 3.74. The second-order valence-corrected chi connectivity index (χ2v) is 3.30. The molecule has 0 saturated carbocycles. The van der Waals surface area contributed by atoms with E-state index in [1.54, 1.807) is 0 Å². The zero-order chi connectivity index (χ0) is 10.7. The van der Waals surface area contributed by atoms with Crippen molar-refractivity contribution in [3.05, 3.63) is 23.8 Å². The molecule has 4 nitrogen and oxygen atoms in total. The third-order valence-corrected chi connectivity index (χ3v) is 2.26. The van der Waals surface area contributed by atoms with Gasteiger partial charge in [-0.15, -0.1) is 0 Å². The highest BCUT2D eigenvalue weighted by Gasteiger charge is 2.20. The number of aliphatic hydroxyl groups is 2. The average Bonchev–Trinajstić information content (AvgIpc) is 2.19. The molecule has 0 aliphatic heterocycles. The van der Waals surface area contributed by atoms with Crippen molar-refractivity contribution < 1.29 is 20.4 Å². The molecule has 14 heavy (non-hydrogen) atoms. The molecule has 0 aliphatic carbocycles. The zero-order valence-electron chi connectivity index (χ0n) is 7.33. The van der Waals surface area contributed by atoms with Crippen LogP contribution < -0.4 is 0 Å². The monoisotopic (exact) mass is 216 g/mol. The molecular weight excluding hydrogens is 204 g/mol. The standard InChI is InChI=1S/C9H12O4S/c10-5-1-2-7(11)6(3-5)9(13)8(12)4-14/h1-3,8-14H,4H2. The van der Waals surface area contributed by atoms with Crippen LogP contribution in [0.5, 0.6) is 11.5 Å². The molecule has 0 heterocycles. The summed E-state index contributed by atoms with van der Waals surface area (Å²) >= 11 is 3.81. The first-order valence-corrected chi connectivity index (χ1v) is 4.68. The van der Waals surface area contributed by atoms with Gasteiger partial charge in [0.15, 0.2) is 0 Å². The lowest BCUT2D eigenvalue weighted by Gasteiger charge is -2.17. The number of benzene rings is 1. The van der Waals surface area contributed by atoms with Crippen LogP contribution in [0.25, 0.3) is 0 Å². The van der Waals surface area contributed by atoms with E-state index in [2.05, 4.69) is 12.6 Å². The highest BCUT2D eigenvalue weighted by Crippen LogP contribution is 2.29. The molecule has 5 heteroatoms. The molecule has 0 radical (unpaired) electrons. The van der Waals surface area contributed by atoms with Crippen molar-refractivity contribution >= 4 is 12.6 Å². The molecule has 0 amide bonds. The first-order chi connectivity index (χ1) is 6.56. The Morgan fingerprint density at radius 2 is 1.86 bits per heavy atom. The van der Waals surface area contributed by atoms with Gasteiger partial charge in [0.1, 0.15) is 17.6 Å². The SMILES string of the molecule is Oc1ccc(O)c(C(O)C(O)CS)c1. The van der Waals surface area contributed by atoms with Crippen LogP contribution in [0.1, 0.15) is 11.7 Å². The molecule has 1 aromatic rings. The summed E-state index contributed by atoms with van der Waals surface area (Å²) in [5.41, 5.74) is 0.0894. The molecule has 1 rings (SSSR count). The quantitative estimate of drug-likeness (QED) is 0.375. The van der Waals surface area contributed by atoms with Crippen LogP contribution in [-0.2, 0) is 0 Å². The third-order valence-electron chi connectivity index (χ3n) is 1.88. The summed E-state index contributed by atoms with van der Waals surface area (Å²) in [6.45, 7) is 0. The first-order valence-electron chi connectivity index (χ1n) is 4.05. The van der Waals surface area contributed by atoms with Gasteiger partial charge in [-0.3, -0.25) is 0 Å². The average molecular weight is 216 g/mol. The van der Waals surface area contributed by atoms with Gasteiger partial charge in [0.2, 0.25) is 0 Å². The summed E-state index contributed by atoms with van der Waals surface area (Å²) < 4.78 is 0. The number of rotatable bonds is 3. The molecule has 0 saturated heterocycles. The number of phenols is 2. The predicted molar refractivity (Wildman–Crippen MR) is 54.6 cm³/mol. The minimum absolute atomic E-state index is 0.0657. The van der Waals surface area contributed by atoms with Gasteiger partial charge in [-0.05, 0) is 18.2 Å². The lowest BCUT2D eigenvalue weighted by molar-refractivity contribution is 0.0321. The fraction of sp³-hybridized carbons (Fsp3) is 0.333. The number of aromatic hydroxyl groups is 2. The molecule has 0 bridgehead atoms. The van der Waals surface area contributed by atoms with Gasteiger partial charge >= 0.3 is 0 Å². The molecule has 2 atom stereocenters. The molecule has 0 spiro atoms. The van der Waals surface area contributed by atoms with Crippen LogP contribution in [0, 0.1) is 0 Å². The van der Waals surface area contributed by atoms with Crippen LogP contribution in [0.4, 0.5) is 0 Å². The first kappa shape index (κ1) is 11.2. The topological polar surface area (TPSA) is 80.9 Å². The fourth-order valence-electron chi connectivity index (χ4n) is 1.09. The van der Waals surface area contributed by atoms with Gasteiger partial charge in [-0.2, -0.15) is 12.6 Å². The van der Waals surface area contributed by atoms with Crippen molar-refractivity contribution in [1.82, 2.24) is 0 Å². The molecular formula is C9H12O4S. The Morgan fingerprint density at radius 1 is 1.21 bits per heavy atom. The number of hydrogen-bond donors (Lipinski definition) is 5. The number of phenolic OH excluding ortho intramolecular Hbond substituents is 2. The van der Waals surface area contributed by atoms with Crippen LogP contribution in [-0.4, -0.2) is 32.3 Å². The summed E-state index contributed by atoms with van der Waals surface area (Å²) in [5, 5.41) is 37.3. The van der Waals surface area contributed by atoms with E-state index in [0.717, 1.165) is 0 Å². The number of hydrogen-bond acceptors (Lipinski definition) is 5. The van der Waals surface area contributed by atoms with Crippen molar-refractivity contribution in [1.29, 1.82) is 0 Å². The summed E-state index contributed by atoms with van der Waals surface area (Å²) in [6.07, 6.45) is -2.33. The predicted octanol–water partition coefficient (Wildman–Crippen LogP) is 0.422. The van der Waals surface area contributed by atoms with Crippen LogP contribution in [0.15, 0.2) is 18.2 Å². The van der Waals surface area contributed by atoms with Gasteiger partial charge < -0.3 is 20.4 Å². The summed E-state index contributed by atoms with van der Waals surface area (Å²) in [7, 11) is 0. The van der Waals surface area contributed by atoms with E-state index < -0.39 is 12.2 Å². The van der Waals surface area contributed by atoms with Crippen molar-refractivity contribution in [3.63, 3.8) is 0 Å². The maximum Gasteiger partial charge on any atom is 0.121 e. The minimum atomic E-state index is -1.25. The van der Waals surface area contributed by atoms with Crippen molar-refractivity contribution in [2.45, 2.75) is 12.2 Å². The van der Waals surface area contributed by atoms with E-state index in [9.17, 15) is 15.3 Å². The van der Waals surface area contributed by atoms with E-state index in [1.807, 2.05) is 0 Å². The van der Waals surface area contributed by atoms with Crippen LogP contribution in [0.3, 0.4) is 0 Å². The Labute approximate surface area is 86.9 Å². The molecule has 78 valence electrons. The molecule has 0 aromatic heterocycles. The Kier molecular flexibility index (Phi) is 3.62. The minimum Gasteiger partial charge on any atom is -0.508 e. The Balaban J connectivity index is 2.99. The molecule has 4 N–H and O–H groups in total. The number of aliphatic hydroxyl groups excluding tert-OH is 2. The Morgan fingerprint density at radius 3 is 2.43 bits per heavy atom. The largest absolute Gasteiger partial charge is 0.508 e. The summed E-state index contributed by atoms with van der Waals surface area (Å²) in [5.74, 6) is -0.185. The second kappa shape index (κ2) is 4.54. The van der Waals surface area contributed by atoms with Crippen molar-refractivity contribution in [3.8, 4) is 11.5 Å². The maximum atomic E-state index is 9.52. The smallest absolute Gasteiger partial charge is 0.121 e. The van der Waals surface area contributed by atoms with E-state index in [-0.39, 0.29) is 22.8 Å². The van der Waals surface area contributed by atoms with E-state index in [1.165, 1.54) is 18.2 Å². The van der Waals surface area contributed by atoms with Crippen molar-refractivity contribution in [2.75, 3.05) is 5.75 Å². The third kappa shape index (κ3) is 2.31. The molecule has 0 fully saturated rings. The second-order valence-electron chi connectivity index (χ2n) is 2.94. The van der Waals surface area contributed by atoms with Crippen molar-refractivity contribution in [2.24, 2.45) is 0 Å². The highest BCUT2D eigenvalue weighted by atomic mass is 32.1. The number of thiol groups is 1. The van der Waals surface area contributed by atoms with E-state index in [4.69, 9.17) is 5.11 Å². The molecule has 0 aliphatic rings. The molecule has 2 unspecified atom stereocenters. The van der Waals surface area contributed by atoms with E-state index >= 15 is 0 Å². The van der Waals surface area contributed by atoms with E-state index in [0.29, 0.717) is 0 Å². The molecule has 1 aromatic carbocycles. The Bertz CT molecular complexity index is 316. The van der Waals surface area contributed by atoms with Gasteiger partial charge in [0, 0.05) is 11.3 Å².